The molecule has 5 rings (SSSR count). The maximum absolute atomic E-state index is 14.0. The van der Waals surface area contributed by atoms with E-state index in [1.165, 1.54) is 27.8 Å². The van der Waals surface area contributed by atoms with Gasteiger partial charge < -0.3 is 38.8 Å². The maximum Gasteiger partial charge on any atom is 0.416 e. The second kappa shape index (κ2) is 14.8. The average Bonchev–Trinajstić information content (AvgIpc) is 3.38. The van der Waals surface area contributed by atoms with Crippen molar-refractivity contribution in [1.29, 1.82) is 0 Å². The van der Waals surface area contributed by atoms with Crippen LogP contribution in [-0.4, -0.2) is 83.4 Å². The fourth-order valence-corrected chi connectivity index (χ4v) is 6.18. The van der Waals surface area contributed by atoms with Crippen LogP contribution in [0.2, 0.25) is 0 Å². The fourth-order valence-electron chi connectivity index (χ4n) is 6.18. The van der Waals surface area contributed by atoms with Gasteiger partial charge in [0.25, 0.3) is 5.91 Å². The number of benzene rings is 1. The third kappa shape index (κ3) is 7.37. The van der Waals surface area contributed by atoms with Gasteiger partial charge in [-0.25, -0.2) is 14.5 Å². The Balaban J connectivity index is 1.37. The molecule has 0 spiro atoms. The molecule has 1 aromatic carbocycles. The molecule has 2 fully saturated rings. The first-order valence-corrected chi connectivity index (χ1v) is 15.8. The number of hydrogen-bond acceptors (Lipinski definition) is 8. The molecule has 0 radical (unpaired) electrons. The number of carbonyl (C=O) groups is 4. The molecule has 2 aromatic rings. The van der Waals surface area contributed by atoms with E-state index in [1.807, 2.05) is 6.92 Å². The third-order valence-corrected chi connectivity index (χ3v) is 8.44. The standard InChI is InChI=1S/C33H42N4O9/c1-4-14-45-33(42)37-25-19-27(43-16-9-11-28(38)34-22-18-26(32(40)41)35(3)20-22)21(2)17-23(25)30(39)36-13-7-5-10-24(36)31(37)46-29-12-6-8-15-44-29/h4,17-20,24,29,31H,1,5-16H2,2-3H3,(H,34,38)(H,40,41)/t24-,29?,31?/m0/s1. The van der Waals surface area contributed by atoms with Crippen LogP contribution >= 0.6 is 0 Å². The lowest BCUT2D eigenvalue weighted by atomic mass is 10.00. The summed E-state index contributed by atoms with van der Waals surface area (Å²) >= 11 is 0. The van der Waals surface area contributed by atoms with Gasteiger partial charge in [0, 0.05) is 38.9 Å². The molecule has 248 valence electrons. The normalized spacial score (nSPS) is 21.1. The number of amides is 3. The van der Waals surface area contributed by atoms with Crippen LogP contribution in [0.4, 0.5) is 16.2 Å². The minimum atomic E-state index is -1.09. The number of fused-ring (bicyclic) bond motifs is 2. The summed E-state index contributed by atoms with van der Waals surface area (Å²) < 4.78 is 25.5. The van der Waals surface area contributed by atoms with E-state index in [2.05, 4.69) is 11.9 Å². The van der Waals surface area contributed by atoms with Crippen LogP contribution < -0.4 is 15.0 Å². The predicted octanol–water partition coefficient (Wildman–Crippen LogP) is 4.84. The van der Waals surface area contributed by atoms with Crippen LogP contribution in [0.15, 0.2) is 37.1 Å². The van der Waals surface area contributed by atoms with Crippen molar-refractivity contribution in [2.75, 3.05) is 36.6 Å². The predicted molar refractivity (Wildman–Crippen MR) is 168 cm³/mol. The zero-order valence-electron chi connectivity index (χ0n) is 26.4. The van der Waals surface area contributed by atoms with Gasteiger partial charge >= 0.3 is 12.1 Å². The fraction of sp³-hybridized carbons (Fsp3) is 0.515. The molecule has 13 heteroatoms. The van der Waals surface area contributed by atoms with Crippen molar-refractivity contribution in [2.45, 2.75) is 76.9 Å². The number of piperidine rings is 1. The highest BCUT2D eigenvalue weighted by molar-refractivity contribution is 6.05. The lowest BCUT2D eigenvalue weighted by molar-refractivity contribution is -0.198. The van der Waals surface area contributed by atoms with Crippen molar-refractivity contribution in [3.63, 3.8) is 0 Å². The first kappa shape index (κ1) is 33.0. The van der Waals surface area contributed by atoms with E-state index in [1.54, 1.807) is 24.1 Å². The number of carbonyl (C=O) groups excluding carboxylic acids is 3. The quantitative estimate of drug-likeness (QED) is 0.261. The molecule has 2 N–H and O–H groups in total. The maximum atomic E-state index is 14.0. The Morgan fingerprint density at radius 1 is 1.15 bits per heavy atom. The van der Waals surface area contributed by atoms with Crippen LogP contribution in [0.25, 0.3) is 0 Å². The number of carboxylic acid groups (broad SMARTS) is 1. The van der Waals surface area contributed by atoms with E-state index in [9.17, 15) is 24.3 Å². The van der Waals surface area contributed by atoms with Crippen LogP contribution in [0.1, 0.15) is 77.8 Å². The van der Waals surface area contributed by atoms with Gasteiger partial charge in [0.2, 0.25) is 5.91 Å². The molecule has 3 aliphatic heterocycles. The van der Waals surface area contributed by atoms with Crippen LogP contribution in [0.3, 0.4) is 0 Å². The number of aryl methyl sites for hydroxylation is 2. The van der Waals surface area contributed by atoms with Crippen molar-refractivity contribution in [1.82, 2.24) is 9.47 Å². The molecule has 0 aliphatic carbocycles. The smallest absolute Gasteiger partial charge is 0.416 e. The van der Waals surface area contributed by atoms with Crippen LogP contribution in [-0.2, 0) is 26.1 Å². The van der Waals surface area contributed by atoms with Gasteiger partial charge in [0.05, 0.1) is 29.6 Å². The summed E-state index contributed by atoms with van der Waals surface area (Å²) in [5.41, 5.74) is 1.84. The molecule has 1 aromatic heterocycles. The van der Waals surface area contributed by atoms with E-state index >= 15 is 0 Å². The molecule has 46 heavy (non-hydrogen) atoms. The molecular formula is C33H42N4O9. The lowest BCUT2D eigenvalue weighted by Gasteiger charge is -2.42. The first-order valence-electron chi connectivity index (χ1n) is 15.8. The van der Waals surface area contributed by atoms with Gasteiger partial charge in [-0.05, 0) is 69.6 Å². The molecule has 2 unspecified atom stereocenters. The average molecular weight is 639 g/mol. The highest BCUT2D eigenvalue weighted by atomic mass is 16.7. The molecule has 4 heterocycles. The van der Waals surface area contributed by atoms with E-state index < -0.39 is 30.6 Å². The second-order valence-electron chi connectivity index (χ2n) is 11.8. The van der Waals surface area contributed by atoms with E-state index in [-0.39, 0.29) is 37.1 Å². The zero-order chi connectivity index (χ0) is 32.8. The molecule has 0 bridgehead atoms. The molecule has 3 atom stereocenters. The van der Waals surface area contributed by atoms with Crippen LogP contribution in [0.5, 0.6) is 5.75 Å². The van der Waals surface area contributed by atoms with E-state index in [0.29, 0.717) is 60.7 Å². The number of aromatic carboxylic acids is 1. The Kier molecular flexibility index (Phi) is 10.6. The molecule has 3 amide bonds. The SMILES string of the molecule is C=CCOC(=O)N1c2cc(OCCCC(=O)Nc3cc(C(=O)O)n(C)c3)c(C)cc2C(=O)N2CCCC[C@H]2C1OC1CCCCO1. The van der Waals surface area contributed by atoms with Gasteiger partial charge in [0.15, 0.2) is 12.5 Å². The highest BCUT2D eigenvalue weighted by Crippen LogP contribution is 2.40. The molecule has 13 nitrogen and oxygen atoms in total. The van der Waals surface area contributed by atoms with Gasteiger partial charge in [-0.1, -0.05) is 12.7 Å². The summed E-state index contributed by atoms with van der Waals surface area (Å²) in [6.45, 7) is 6.76. The Hall–Kier alpha value is -4.36. The highest BCUT2D eigenvalue weighted by Gasteiger charge is 2.46. The minimum Gasteiger partial charge on any atom is -0.493 e. The Morgan fingerprint density at radius 3 is 2.67 bits per heavy atom. The number of carboxylic acids is 1. The summed E-state index contributed by atoms with van der Waals surface area (Å²) in [5.74, 6) is -1.10. The largest absolute Gasteiger partial charge is 0.493 e. The van der Waals surface area contributed by atoms with Crippen molar-refractivity contribution < 1.29 is 43.2 Å². The van der Waals surface area contributed by atoms with Gasteiger partial charge in [-0.2, -0.15) is 0 Å². The van der Waals surface area contributed by atoms with Crippen molar-refractivity contribution in [2.24, 2.45) is 7.05 Å². The summed E-state index contributed by atoms with van der Waals surface area (Å²) in [7, 11) is 1.59. The monoisotopic (exact) mass is 638 g/mol. The van der Waals surface area contributed by atoms with Crippen LogP contribution in [0, 0.1) is 6.92 Å². The molecule has 2 saturated heterocycles. The number of nitrogens with zero attached hydrogens (tertiary/aromatic N) is 3. The summed E-state index contributed by atoms with van der Waals surface area (Å²) in [6.07, 6.45) is 6.44. The van der Waals surface area contributed by atoms with Gasteiger partial charge in [0.1, 0.15) is 18.1 Å². The van der Waals surface area contributed by atoms with E-state index in [0.717, 1.165) is 25.7 Å². The topological polar surface area (TPSA) is 149 Å². The summed E-state index contributed by atoms with van der Waals surface area (Å²) in [4.78, 5) is 54.8. The van der Waals surface area contributed by atoms with Gasteiger partial charge in [-0.15, -0.1) is 0 Å². The molecule has 0 saturated carbocycles. The number of rotatable bonds is 11. The summed E-state index contributed by atoms with van der Waals surface area (Å²) in [5, 5.41) is 11.9. The Bertz CT molecular complexity index is 1470. The lowest BCUT2D eigenvalue weighted by Crippen LogP contribution is -2.57. The zero-order valence-corrected chi connectivity index (χ0v) is 26.4. The second-order valence-corrected chi connectivity index (χ2v) is 11.8. The van der Waals surface area contributed by atoms with Crippen molar-refractivity contribution in [3.8, 4) is 5.75 Å². The summed E-state index contributed by atoms with van der Waals surface area (Å²) in [6, 6.07) is 4.40. The number of hydrogen-bond donors (Lipinski definition) is 2. The van der Waals surface area contributed by atoms with Crippen molar-refractivity contribution in [3.05, 3.63) is 53.9 Å². The number of nitrogens with one attached hydrogen (secondary N) is 1. The number of aromatic nitrogens is 1. The Morgan fingerprint density at radius 2 is 1.96 bits per heavy atom. The number of ether oxygens (including phenoxy) is 4. The molecular weight excluding hydrogens is 596 g/mol. The number of anilines is 2. The van der Waals surface area contributed by atoms with Crippen molar-refractivity contribution >= 4 is 35.3 Å². The molecule has 3 aliphatic rings. The first-order chi connectivity index (χ1) is 22.2. The Labute approximate surface area is 268 Å². The van der Waals surface area contributed by atoms with Gasteiger partial charge in [-0.3, -0.25) is 9.59 Å². The van der Waals surface area contributed by atoms with E-state index in [4.69, 9.17) is 18.9 Å². The minimum absolute atomic E-state index is 0.0163. The third-order valence-electron chi connectivity index (χ3n) is 8.44.